The minimum Gasteiger partial charge on any atom is -0.494 e. The minimum atomic E-state index is 0.234. The summed E-state index contributed by atoms with van der Waals surface area (Å²) in [4.78, 5) is 13.3. The van der Waals surface area contributed by atoms with Crippen LogP contribution in [0.25, 0.3) is 0 Å². The Hall–Kier alpha value is -3.23. The van der Waals surface area contributed by atoms with Gasteiger partial charge >= 0.3 is 0 Å². The molecule has 0 radical (unpaired) electrons. The number of halogens is 1. The lowest BCUT2D eigenvalue weighted by Crippen LogP contribution is -2.44. The first kappa shape index (κ1) is 21.0. The Morgan fingerprint density at radius 2 is 1.90 bits per heavy atom. The van der Waals surface area contributed by atoms with Gasteiger partial charge in [-0.2, -0.15) is 4.98 Å². The van der Waals surface area contributed by atoms with Gasteiger partial charge < -0.3 is 30.3 Å². The number of aromatic nitrogens is 2. The van der Waals surface area contributed by atoms with Crippen molar-refractivity contribution < 1.29 is 9.47 Å². The highest BCUT2D eigenvalue weighted by Crippen LogP contribution is 2.33. The maximum atomic E-state index is 6.22. The van der Waals surface area contributed by atoms with Crippen LogP contribution in [-0.2, 0) is 0 Å². The van der Waals surface area contributed by atoms with Crippen LogP contribution in [0.15, 0.2) is 48.7 Å². The summed E-state index contributed by atoms with van der Waals surface area (Å²) < 4.78 is 11.4. The molecule has 2 aromatic carbocycles. The molecule has 1 saturated heterocycles. The number of nitrogens with two attached hydrogens (primary N) is 1. The second-order valence-electron chi connectivity index (χ2n) is 7.32. The lowest BCUT2D eigenvalue weighted by Gasteiger charge is -2.34. The standard InChI is InChI=1S/C22H25ClN6O2/c1-28-8-10-29(11-9-28)16-6-7-19(20(13-16)30-2)26-22-25-14-18(23)21(27-22)31-17-5-3-4-15(24)12-17/h3-7,12-14H,8-11,24H2,1-2H3,(H,25,26,27). The number of nitrogens with zero attached hydrogens (tertiary/aromatic N) is 4. The number of piperazine rings is 1. The van der Waals surface area contributed by atoms with E-state index in [0.717, 1.165) is 37.6 Å². The monoisotopic (exact) mass is 440 g/mol. The first-order chi connectivity index (χ1) is 15.0. The van der Waals surface area contributed by atoms with Crippen LogP contribution < -0.4 is 25.4 Å². The van der Waals surface area contributed by atoms with Gasteiger partial charge in [0.05, 0.1) is 19.0 Å². The molecule has 9 heteroatoms. The highest BCUT2D eigenvalue weighted by molar-refractivity contribution is 6.31. The van der Waals surface area contributed by atoms with Crippen molar-refractivity contribution in [2.45, 2.75) is 0 Å². The third-order valence-corrected chi connectivity index (χ3v) is 5.34. The van der Waals surface area contributed by atoms with Gasteiger partial charge in [-0.05, 0) is 31.3 Å². The first-order valence-corrected chi connectivity index (χ1v) is 10.3. The van der Waals surface area contributed by atoms with Crippen molar-refractivity contribution in [3.63, 3.8) is 0 Å². The number of likely N-dealkylation sites (N-methyl/N-ethyl adjacent to an activating group) is 1. The van der Waals surface area contributed by atoms with Gasteiger partial charge in [-0.15, -0.1) is 0 Å². The number of nitrogens with one attached hydrogen (secondary N) is 1. The van der Waals surface area contributed by atoms with Crippen LogP contribution in [0, 0.1) is 0 Å². The molecule has 31 heavy (non-hydrogen) atoms. The Bertz CT molecular complexity index is 1060. The molecule has 1 aliphatic rings. The van der Waals surface area contributed by atoms with Gasteiger partial charge in [-0.3, -0.25) is 0 Å². The molecule has 0 spiro atoms. The third-order valence-electron chi connectivity index (χ3n) is 5.08. The number of nitrogen functional groups attached to an aromatic ring is 1. The van der Waals surface area contributed by atoms with Crippen molar-refractivity contribution in [2.24, 2.45) is 0 Å². The number of hydrogen-bond donors (Lipinski definition) is 2. The van der Waals surface area contributed by atoms with E-state index in [-0.39, 0.29) is 5.88 Å². The average Bonchev–Trinajstić information content (AvgIpc) is 2.77. The summed E-state index contributed by atoms with van der Waals surface area (Å²) in [5, 5.41) is 3.48. The van der Waals surface area contributed by atoms with Crippen LogP contribution in [0.1, 0.15) is 0 Å². The Morgan fingerprint density at radius 1 is 1.10 bits per heavy atom. The first-order valence-electron chi connectivity index (χ1n) is 9.96. The second kappa shape index (κ2) is 9.28. The summed E-state index contributed by atoms with van der Waals surface area (Å²) in [7, 11) is 3.78. The molecule has 1 aromatic heterocycles. The van der Waals surface area contributed by atoms with Gasteiger partial charge in [-0.1, -0.05) is 17.7 Å². The largest absolute Gasteiger partial charge is 0.494 e. The van der Waals surface area contributed by atoms with Crippen molar-refractivity contribution in [1.82, 2.24) is 14.9 Å². The van der Waals surface area contributed by atoms with Gasteiger partial charge in [0, 0.05) is 49.7 Å². The average molecular weight is 441 g/mol. The Labute approximate surface area is 186 Å². The smallest absolute Gasteiger partial charge is 0.243 e. The Balaban J connectivity index is 1.53. The quantitative estimate of drug-likeness (QED) is 0.556. The van der Waals surface area contributed by atoms with Gasteiger partial charge in [-0.25, -0.2) is 4.98 Å². The van der Waals surface area contributed by atoms with Crippen LogP contribution in [0.5, 0.6) is 17.4 Å². The van der Waals surface area contributed by atoms with E-state index in [1.54, 1.807) is 31.4 Å². The summed E-state index contributed by atoms with van der Waals surface area (Å²) in [6.45, 7) is 4.04. The molecule has 3 aromatic rings. The maximum absolute atomic E-state index is 6.22. The fraction of sp³-hybridized carbons (Fsp3) is 0.273. The molecule has 162 valence electrons. The number of hydrogen-bond acceptors (Lipinski definition) is 8. The molecular weight excluding hydrogens is 416 g/mol. The van der Waals surface area contributed by atoms with Gasteiger partial charge in [0.2, 0.25) is 11.8 Å². The Morgan fingerprint density at radius 3 is 2.65 bits per heavy atom. The van der Waals surface area contributed by atoms with Crippen molar-refractivity contribution in [1.29, 1.82) is 0 Å². The van der Waals surface area contributed by atoms with Crippen LogP contribution in [0.3, 0.4) is 0 Å². The zero-order valence-electron chi connectivity index (χ0n) is 17.5. The second-order valence-corrected chi connectivity index (χ2v) is 7.73. The van der Waals surface area contributed by atoms with E-state index in [0.29, 0.717) is 28.2 Å². The maximum Gasteiger partial charge on any atom is 0.243 e. The molecule has 0 saturated carbocycles. The lowest BCUT2D eigenvalue weighted by atomic mass is 10.2. The predicted octanol–water partition coefficient (Wildman–Crippen LogP) is 4.01. The molecule has 0 atom stereocenters. The molecule has 0 bridgehead atoms. The lowest BCUT2D eigenvalue weighted by molar-refractivity contribution is 0.312. The summed E-state index contributed by atoms with van der Waals surface area (Å²) in [5.41, 5.74) is 8.27. The van der Waals surface area contributed by atoms with E-state index in [2.05, 4.69) is 38.2 Å². The zero-order valence-corrected chi connectivity index (χ0v) is 18.3. The molecule has 0 amide bonds. The summed E-state index contributed by atoms with van der Waals surface area (Å²) in [6.07, 6.45) is 1.49. The fourth-order valence-corrected chi connectivity index (χ4v) is 3.47. The van der Waals surface area contributed by atoms with Gasteiger partial charge in [0.25, 0.3) is 0 Å². The number of benzene rings is 2. The van der Waals surface area contributed by atoms with Gasteiger partial charge in [0.1, 0.15) is 16.5 Å². The van der Waals surface area contributed by atoms with Crippen molar-refractivity contribution >= 4 is 34.6 Å². The van der Waals surface area contributed by atoms with Gasteiger partial charge in [0.15, 0.2) is 0 Å². The SMILES string of the molecule is COc1cc(N2CCN(C)CC2)ccc1Nc1ncc(Cl)c(Oc2cccc(N)c2)n1. The molecular formula is C22H25ClN6O2. The molecule has 4 rings (SSSR count). The van der Waals surface area contributed by atoms with E-state index in [4.69, 9.17) is 26.8 Å². The molecule has 8 nitrogen and oxygen atoms in total. The van der Waals surface area contributed by atoms with Crippen LogP contribution in [0.4, 0.5) is 23.0 Å². The number of anilines is 4. The molecule has 0 unspecified atom stereocenters. The van der Waals surface area contributed by atoms with E-state index in [9.17, 15) is 0 Å². The molecule has 0 aliphatic carbocycles. The number of rotatable bonds is 6. The fourth-order valence-electron chi connectivity index (χ4n) is 3.34. The van der Waals surface area contributed by atoms with E-state index in [1.807, 2.05) is 12.1 Å². The molecule has 3 N–H and O–H groups in total. The van der Waals surface area contributed by atoms with Crippen molar-refractivity contribution in [3.8, 4) is 17.4 Å². The summed E-state index contributed by atoms with van der Waals surface area (Å²) >= 11 is 6.22. The van der Waals surface area contributed by atoms with Crippen LogP contribution in [-0.4, -0.2) is 55.2 Å². The summed E-state index contributed by atoms with van der Waals surface area (Å²) in [6, 6.07) is 13.1. The van der Waals surface area contributed by atoms with E-state index >= 15 is 0 Å². The topological polar surface area (TPSA) is 88.8 Å². The number of ether oxygens (including phenoxy) is 2. The number of methoxy groups -OCH3 is 1. The Kier molecular flexibility index (Phi) is 6.29. The predicted molar refractivity (Wildman–Crippen MR) is 124 cm³/mol. The van der Waals surface area contributed by atoms with Crippen LogP contribution >= 0.6 is 11.6 Å². The molecule has 2 heterocycles. The van der Waals surface area contributed by atoms with Crippen LogP contribution in [0.2, 0.25) is 5.02 Å². The zero-order chi connectivity index (χ0) is 21.8. The molecule has 1 aliphatic heterocycles. The summed E-state index contributed by atoms with van der Waals surface area (Å²) in [5.74, 6) is 1.82. The van der Waals surface area contributed by atoms with Crippen molar-refractivity contribution in [3.05, 3.63) is 53.7 Å². The minimum absolute atomic E-state index is 0.234. The third kappa shape index (κ3) is 5.10. The van der Waals surface area contributed by atoms with E-state index in [1.165, 1.54) is 6.20 Å². The molecule has 1 fully saturated rings. The van der Waals surface area contributed by atoms with Crippen molar-refractivity contribution in [2.75, 3.05) is 56.3 Å². The normalized spacial score (nSPS) is 14.4. The van der Waals surface area contributed by atoms with E-state index < -0.39 is 0 Å². The highest BCUT2D eigenvalue weighted by atomic mass is 35.5. The highest BCUT2D eigenvalue weighted by Gasteiger charge is 2.17.